The summed E-state index contributed by atoms with van der Waals surface area (Å²) in [5.41, 5.74) is -2.02. The van der Waals surface area contributed by atoms with E-state index in [9.17, 15) is 60.6 Å². The van der Waals surface area contributed by atoms with E-state index in [2.05, 4.69) is 132 Å². The van der Waals surface area contributed by atoms with Crippen molar-refractivity contribution in [2.75, 3.05) is 14.1 Å². The number of aromatic hydroxyl groups is 4. The second-order valence-electron chi connectivity index (χ2n) is 43.3. The van der Waals surface area contributed by atoms with Crippen molar-refractivity contribution in [1.82, 2.24) is 24.9 Å². The first-order valence-electron chi connectivity index (χ1n) is 44.1. The smallest absolute Gasteiger partial charge is 0.338 e. The van der Waals surface area contributed by atoms with E-state index in [-0.39, 0.29) is 135 Å². The Bertz CT molecular complexity index is 4270. The number of phenols is 4. The van der Waals surface area contributed by atoms with Crippen molar-refractivity contribution in [1.29, 1.82) is 0 Å². The van der Waals surface area contributed by atoms with Crippen LogP contribution in [0.3, 0.4) is 0 Å². The fourth-order valence-electron chi connectivity index (χ4n) is 23.1. The summed E-state index contributed by atoms with van der Waals surface area (Å²) in [4.78, 5) is 100.0. The lowest BCUT2D eigenvalue weighted by atomic mass is 9.60. The van der Waals surface area contributed by atoms with Gasteiger partial charge in [0, 0.05) is 93.9 Å². The van der Waals surface area contributed by atoms with E-state index in [0.29, 0.717) is 51.8 Å². The number of rotatable bonds is 25. The molecule has 5 aliphatic heterocycles. The number of unbranched alkanes of at least 4 members (excludes halogenated alkanes) is 1. The molecule has 5 aliphatic rings. The van der Waals surface area contributed by atoms with Crippen molar-refractivity contribution in [2.24, 2.45) is 22.7 Å². The summed E-state index contributed by atoms with van der Waals surface area (Å²) in [5.74, 6) is -2.88. The first kappa shape index (κ1) is 104. The molecule has 9 rings (SSSR count). The molecule has 4 aromatic carbocycles. The van der Waals surface area contributed by atoms with Crippen LogP contribution in [0.4, 0.5) is 0 Å². The normalized spacial score (nSPS) is 22.5. The average molecular weight is 1730 g/mol. The summed E-state index contributed by atoms with van der Waals surface area (Å²) < 4.78 is 18.9. The third kappa shape index (κ3) is 22.1. The molecule has 0 bridgehead atoms. The van der Waals surface area contributed by atoms with Gasteiger partial charge in [-0.15, -0.1) is 0 Å². The van der Waals surface area contributed by atoms with Crippen LogP contribution in [0.2, 0.25) is 0 Å². The maximum Gasteiger partial charge on any atom is 0.338 e. The molecule has 0 aliphatic carbocycles. The number of nitrogens with zero attached hydrogens (tertiary/aromatic N) is 4. The third-order valence-electron chi connectivity index (χ3n) is 28.1. The zero-order valence-electron chi connectivity index (χ0n) is 80.5. The molecule has 5 atom stereocenters. The summed E-state index contributed by atoms with van der Waals surface area (Å²) in [5, 5.41) is 90.4. The predicted octanol–water partition coefficient (Wildman–Crippen LogP) is 19.4. The van der Waals surface area contributed by atoms with Gasteiger partial charge in [-0.3, -0.25) is 50.0 Å². The molecule has 0 spiro atoms. The van der Waals surface area contributed by atoms with Gasteiger partial charge in [-0.25, -0.2) is 24.3 Å². The van der Waals surface area contributed by atoms with Gasteiger partial charge in [0.2, 0.25) is 11.8 Å². The lowest BCUT2D eigenvalue weighted by molar-refractivity contribution is -0.403. The Kier molecular flexibility index (Phi) is 32.1. The molecule has 0 aromatic heterocycles. The monoisotopic (exact) mass is 1730 g/mol. The highest BCUT2D eigenvalue weighted by atomic mass is 17.1. The molecular weight excluding hydrogens is 1580 g/mol. The lowest BCUT2D eigenvalue weighted by Gasteiger charge is -2.58. The van der Waals surface area contributed by atoms with Gasteiger partial charge in [0.1, 0.15) is 71.1 Å². The quantitative estimate of drug-likeness (QED) is 0.00978. The minimum Gasteiger partial charge on any atom is -0.507 e. The van der Waals surface area contributed by atoms with Gasteiger partial charge in [-0.2, -0.15) is 0 Å². The van der Waals surface area contributed by atoms with Crippen molar-refractivity contribution >= 4 is 29.7 Å². The van der Waals surface area contributed by atoms with E-state index in [1.165, 1.54) is 36.4 Å². The number of likely N-dealkylation sites (tertiary alicyclic amines) is 4. The van der Waals surface area contributed by atoms with Gasteiger partial charge in [0.15, 0.2) is 5.41 Å². The van der Waals surface area contributed by atoms with Gasteiger partial charge in [-0.1, -0.05) is 45.1 Å². The van der Waals surface area contributed by atoms with E-state index in [1.54, 1.807) is 63.5 Å². The number of benzene rings is 4. The maximum atomic E-state index is 16.0. The van der Waals surface area contributed by atoms with Crippen LogP contribution >= 0.6 is 0 Å². The highest BCUT2D eigenvalue weighted by Gasteiger charge is 2.68. The van der Waals surface area contributed by atoms with Crippen molar-refractivity contribution in [2.45, 2.75) is 389 Å². The van der Waals surface area contributed by atoms with Crippen LogP contribution < -0.4 is 5.32 Å². The van der Waals surface area contributed by atoms with Gasteiger partial charge >= 0.3 is 17.9 Å². The first-order valence-corrected chi connectivity index (χ1v) is 44.1. The molecule has 9 N–H and O–H groups in total. The van der Waals surface area contributed by atoms with Crippen molar-refractivity contribution in [3.05, 3.63) is 141 Å². The topological polar surface area (TPSA) is 337 Å². The molecule has 25 nitrogen and oxygen atoms in total. The van der Waals surface area contributed by atoms with Gasteiger partial charge < -0.3 is 49.8 Å². The Morgan fingerprint density at radius 3 is 1.06 bits per heavy atom. The predicted molar refractivity (Wildman–Crippen MR) is 482 cm³/mol. The largest absolute Gasteiger partial charge is 0.507 e. The molecule has 25 heteroatoms. The van der Waals surface area contributed by atoms with Crippen LogP contribution in [0.5, 0.6) is 23.0 Å². The highest BCUT2D eigenvalue weighted by molar-refractivity contribution is 5.91. The number of carbonyl (C=O) groups excluding carboxylic acids is 5. The van der Waals surface area contributed by atoms with Crippen LogP contribution in [0.15, 0.2) is 73.8 Å². The zero-order chi connectivity index (χ0) is 94.3. The number of phenolic OH excluding ortho intramolecular Hbond substituents is 4. The van der Waals surface area contributed by atoms with Crippen LogP contribution in [0.1, 0.15) is 313 Å². The van der Waals surface area contributed by atoms with Crippen molar-refractivity contribution in [3.63, 3.8) is 0 Å². The molecule has 694 valence electrons. The Balaban J connectivity index is 0.000000282. The van der Waals surface area contributed by atoms with Crippen molar-refractivity contribution in [3.8, 4) is 23.0 Å². The van der Waals surface area contributed by atoms with Crippen LogP contribution in [0.25, 0.3) is 0 Å². The van der Waals surface area contributed by atoms with E-state index in [0.717, 1.165) is 68.1 Å². The second kappa shape index (κ2) is 38.4. The Morgan fingerprint density at radius 1 is 0.427 bits per heavy atom. The second-order valence-corrected chi connectivity index (χ2v) is 43.3. The van der Waals surface area contributed by atoms with Crippen molar-refractivity contribution < 1.29 is 99.2 Å². The summed E-state index contributed by atoms with van der Waals surface area (Å²) in [6, 6.07) is 13.3. The number of nitrogens with one attached hydrogen (secondary N) is 1. The fourth-order valence-corrected chi connectivity index (χ4v) is 23.1. The van der Waals surface area contributed by atoms with E-state index in [1.807, 2.05) is 81.4 Å². The number of aryl methyl sites for hydroxylation is 8. The zero-order valence-corrected chi connectivity index (χ0v) is 80.5. The molecule has 5 unspecified atom stereocenters. The summed E-state index contributed by atoms with van der Waals surface area (Å²) in [6.45, 7) is 64.3. The Hall–Kier alpha value is -7.53. The van der Waals surface area contributed by atoms with E-state index in [4.69, 9.17) is 33.8 Å². The van der Waals surface area contributed by atoms with Gasteiger partial charge in [0.25, 0.3) is 0 Å². The number of esters is 3. The number of ether oxygens (including phenoxy) is 3. The van der Waals surface area contributed by atoms with Crippen LogP contribution in [-0.4, -0.2) is 191 Å². The number of carbonyl (C=O) groups is 5. The van der Waals surface area contributed by atoms with Gasteiger partial charge in [0.05, 0.1) is 5.56 Å². The molecule has 0 radical (unpaired) electrons. The van der Waals surface area contributed by atoms with E-state index >= 15 is 4.79 Å². The molecule has 5 saturated heterocycles. The molecule has 2 amide bonds. The van der Waals surface area contributed by atoms with Gasteiger partial charge in [-0.05, 0) is 368 Å². The highest BCUT2D eigenvalue weighted by Crippen LogP contribution is 2.60. The van der Waals surface area contributed by atoms with Crippen LogP contribution in [-0.2, 0) is 59.4 Å². The number of hydrogen-bond acceptors (Lipinski definition) is 23. The molecule has 5 fully saturated rings. The molecule has 4 aromatic rings. The minimum absolute atomic E-state index is 0.0543. The SMILES string of the molecule is C=CC(=O)N1C(C)(C)CC(OC(=O)C(C(OO)c2cc(C)c(O)c(C)c2)(C(OO)c2cc(C)c(O)c(C)c2)C(OO)C2CC(C)(C)N(C(=O)C=C)C(C)(C)C2)CC1(C)C.CCCCC(Cc1cc(C)c(O)c(C)c1)(C(=O)OC1CC(C)(C)N(C)C(C)(C)C1)C(OO)C1CC(C)(C)N(C)C(C)(C)C1.Cc1cc(C(=O)OC2CC(C)(C)NC(C)(C)C2)cc(C)c1O. The third-order valence-corrected chi connectivity index (χ3v) is 28.1. The molecular formula is C99H153N5O20. The molecule has 124 heavy (non-hydrogen) atoms. The maximum absolute atomic E-state index is 16.0. The molecule has 0 saturated carbocycles. The Labute approximate surface area is 739 Å². The number of piperidine rings is 5. The number of amides is 2. The van der Waals surface area contributed by atoms with E-state index < -0.39 is 75.4 Å². The fraction of sp³-hybridized carbons (Fsp3) is 0.667. The summed E-state index contributed by atoms with van der Waals surface area (Å²) >= 11 is 0. The number of hydrogen-bond donors (Lipinski definition) is 9. The summed E-state index contributed by atoms with van der Waals surface area (Å²) in [7, 11) is 4.31. The standard InChI is InChI=1S/C45H64N2O12.C36H62N2O5.C18H27NO3/c1-15-33(48)46-41(7,8)21-31(22-42(46,9)10)39(59-55)45(37(57-53)29-17-25(3)35(50)26(4)18-29,38(58-54)30-19-27(5)36(51)28(6)20-30)40(52)56-32-23-43(11,12)47(34(49)16-2)44(13,14)24-32;1-14-15-16-36(19-26-17-24(2)29(39)25(3)18-26,30(43-41)27-20-32(4,5)37(12)33(6,7)21-27)31(40)42-28-22-34(8,9)38(13)35(10,11)23-28;1-11-7-13(8-12(2)15(11)20)16(21)22-14-9-17(3,4)19-18(5,6)10-14/h15-20,31-32,37-39,50-51,53-55H,1-2,21-24H2,3-14H3;17-18,27-28,30,39,41H,14-16,19-23H2,1-13H3;7-8,14,19-20H,9-10H2,1-6H3. The summed E-state index contributed by atoms with van der Waals surface area (Å²) in [6.07, 6.45) is 2.72. The average Bonchev–Trinajstić information content (AvgIpc) is 0.711. The Morgan fingerprint density at radius 2 is 0.726 bits per heavy atom. The molecule has 5 heterocycles. The lowest BCUT2D eigenvalue weighted by Crippen LogP contribution is -2.67. The minimum atomic E-state index is -2.58. The van der Waals surface area contributed by atoms with Crippen LogP contribution in [0, 0.1) is 78.1 Å². The first-order chi connectivity index (χ1) is 56.8.